The van der Waals surface area contributed by atoms with E-state index in [9.17, 15) is 9.18 Å². The van der Waals surface area contributed by atoms with Crippen molar-refractivity contribution in [2.75, 3.05) is 6.61 Å². The highest BCUT2D eigenvalue weighted by molar-refractivity contribution is 5.94. The van der Waals surface area contributed by atoms with Crippen LogP contribution in [0, 0.1) is 5.82 Å². The van der Waals surface area contributed by atoms with Crippen molar-refractivity contribution in [2.24, 2.45) is 0 Å². The Labute approximate surface area is 98.2 Å². The number of pyridine rings is 1. The fourth-order valence-electron chi connectivity index (χ4n) is 1.52. The normalized spacial score (nSPS) is 10.5. The van der Waals surface area contributed by atoms with E-state index in [1.54, 1.807) is 18.3 Å². The van der Waals surface area contributed by atoms with E-state index in [4.69, 9.17) is 4.74 Å². The van der Waals surface area contributed by atoms with Crippen LogP contribution in [0.1, 0.15) is 23.7 Å². The van der Waals surface area contributed by atoms with E-state index in [0.29, 0.717) is 18.5 Å². The van der Waals surface area contributed by atoms with Crippen LogP contribution in [0.5, 0.6) is 0 Å². The van der Waals surface area contributed by atoms with Crippen LogP contribution in [-0.2, 0) is 4.74 Å². The van der Waals surface area contributed by atoms with Crippen LogP contribution in [-0.4, -0.2) is 17.6 Å². The summed E-state index contributed by atoms with van der Waals surface area (Å²) in [6.07, 6.45) is 2.29. The molecule has 0 amide bonds. The molecule has 0 unspecified atom stereocenters. The molecule has 17 heavy (non-hydrogen) atoms. The summed E-state index contributed by atoms with van der Waals surface area (Å²) in [7, 11) is 0. The maximum Gasteiger partial charge on any atom is 0.341 e. The third-order valence-electron chi connectivity index (χ3n) is 2.35. The summed E-state index contributed by atoms with van der Waals surface area (Å²) in [5.74, 6) is -1.23. The molecule has 4 heteroatoms. The van der Waals surface area contributed by atoms with Crippen LogP contribution >= 0.6 is 0 Å². The lowest BCUT2D eigenvalue weighted by molar-refractivity contribution is 0.0500. The van der Waals surface area contributed by atoms with Gasteiger partial charge in [0, 0.05) is 17.6 Å². The zero-order valence-electron chi connectivity index (χ0n) is 9.44. The van der Waals surface area contributed by atoms with Gasteiger partial charge in [0.1, 0.15) is 5.82 Å². The number of nitrogens with zero attached hydrogens (tertiary/aromatic N) is 1. The van der Waals surface area contributed by atoms with Crippen LogP contribution in [0.15, 0.2) is 30.5 Å². The molecule has 0 aliphatic rings. The van der Waals surface area contributed by atoms with Gasteiger partial charge in [-0.05, 0) is 18.6 Å². The van der Waals surface area contributed by atoms with Crippen molar-refractivity contribution < 1.29 is 13.9 Å². The van der Waals surface area contributed by atoms with E-state index in [-0.39, 0.29) is 5.56 Å². The predicted molar refractivity (Wildman–Crippen MR) is 62.3 cm³/mol. The van der Waals surface area contributed by atoms with E-state index < -0.39 is 11.8 Å². The average Bonchev–Trinajstić information content (AvgIpc) is 2.35. The van der Waals surface area contributed by atoms with Crippen molar-refractivity contribution >= 4 is 16.9 Å². The number of hydrogen-bond donors (Lipinski definition) is 0. The van der Waals surface area contributed by atoms with Gasteiger partial charge in [0.05, 0.1) is 17.7 Å². The first-order valence-corrected chi connectivity index (χ1v) is 5.43. The first kappa shape index (κ1) is 11.5. The number of hydrogen-bond acceptors (Lipinski definition) is 3. The Bertz CT molecular complexity index is 554. The SMILES string of the molecule is CCCOC(=O)c1cc2cccnc2cc1F. The number of esters is 1. The van der Waals surface area contributed by atoms with Crippen molar-refractivity contribution in [3.63, 3.8) is 0 Å². The third-order valence-corrected chi connectivity index (χ3v) is 2.35. The zero-order chi connectivity index (χ0) is 12.3. The van der Waals surface area contributed by atoms with Gasteiger partial charge in [-0.25, -0.2) is 9.18 Å². The summed E-state index contributed by atoms with van der Waals surface area (Å²) in [6.45, 7) is 2.18. The molecule has 1 aromatic carbocycles. The van der Waals surface area contributed by atoms with Crippen molar-refractivity contribution in [3.8, 4) is 0 Å². The quantitative estimate of drug-likeness (QED) is 0.765. The summed E-state index contributed by atoms with van der Waals surface area (Å²) in [4.78, 5) is 15.6. The van der Waals surface area contributed by atoms with Crippen LogP contribution in [0.2, 0.25) is 0 Å². The minimum absolute atomic E-state index is 0.0426. The summed E-state index contributed by atoms with van der Waals surface area (Å²) in [5, 5.41) is 0.720. The van der Waals surface area contributed by atoms with Gasteiger partial charge in [-0.2, -0.15) is 0 Å². The van der Waals surface area contributed by atoms with Gasteiger partial charge in [0.15, 0.2) is 0 Å². The van der Waals surface area contributed by atoms with Gasteiger partial charge in [0.25, 0.3) is 0 Å². The smallest absolute Gasteiger partial charge is 0.341 e. The van der Waals surface area contributed by atoms with Crippen LogP contribution in [0.4, 0.5) is 4.39 Å². The van der Waals surface area contributed by atoms with Gasteiger partial charge in [-0.1, -0.05) is 13.0 Å². The fourth-order valence-corrected chi connectivity index (χ4v) is 1.52. The molecule has 88 valence electrons. The first-order chi connectivity index (χ1) is 8.22. The summed E-state index contributed by atoms with van der Waals surface area (Å²) in [5.41, 5.74) is 0.482. The molecule has 0 saturated carbocycles. The van der Waals surface area contributed by atoms with E-state index in [0.717, 1.165) is 5.39 Å². The lowest BCUT2D eigenvalue weighted by Gasteiger charge is -2.05. The Balaban J connectivity index is 2.40. The molecular formula is C13H12FNO2. The van der Waals surface area contributed by atoms with Crippen molar-refractivity contribution in [1.82, 2.24) is 4.98 Å². The van der Waals surface area contributed by atoms with Crippen LogP contribution in [0.3, 0.4) is 0 Å². The molecule has 3 nitrogen and oxygen atoms in total. The van der Waals surface area contributed by atoms with Gasteiger partial charge in [-0.3, -0.25) is 4.98 Å². The number of aromatic nitrogens is 1. The summed E-state index contributed by atoms with van der Waals surface area (Å²) < 4.78 is 18.6. The number of rotatable bonds is 3. The van der Waals surface area contributed by atoms with E-state index in [2.05, 4.69) is 4.98 Å². The lowest BCUT2D eigenvalue weighted by Crippen LogP contribution is -2.08. The Morgan fingerprint density at radius 2 is 2.29 bits per heavy atom. The second-order valence-corrected chi connectivity index (χ2v) is 3.66. The van der Waals surface area contributed by atoms with Crippen molar-refractivity contribution in [2.45, 2.75) is 13.3 Å². The molecule has 1 heterocycles. The highest BCUT2D eigenvalue weighted by Crippen LogP contribution is 2.18. The number of fused-ring (bicyclic) bond motifs is 1. The molecule has 0 spiro atoms. The second-order valence-electron chi connectivity index (χ2n) is 3.66. The fraction of sp³-hybridized carbons (Fsp3) is 0.231. The Hall–Kier alpha value is -1.97. The zero-order valence-corrected chi connectivity index (χ0v) is 9.44. The average molecular weight is 233 g/mol. The molecular weight excluding hydrogens is 221 g/mol. The number of benzene rings is 1. The molecule has 2 aromatic rings. The standard InChI is InChI=1S/C13H12FNO2/c1-2-6-17-13(16)10-7-9-4-3-5-15-12(9)8-11(10)14/h3-5,7-8H,2,6H2,1H3. The van der Waals surface area contributed by atoms with Crippen molar-refractivity contribution in [3.05, 3.63) is 41.8 Å². The summed E-state index contributed by atoms with van der Waals surface area (Å²) in [6, 6.07) is 6.23. The van der Waals surface area contributed by atoms with E-state index in [1.807, 2.05) is 6.92 Å². The minimum atomic E-state index is -0.630. The van der Waals surface area contributed by atoms with Gasteiger partial charge >= 0.3 is 5.97 Å². The van der Waals surface area contributed by atoms with E-state index >= 15 is 0 Å². The van der Waals surface area contributed by atoms with Gasteiger partial charge in [0.2, 0.25) is 0 Å². The van der Waals surface area contributed by atoms with Gasteiger partial charge in [-0.15, -0.1) is 0 Å². The highest BCUT2D eigenvalue weighted by atomic mass is 19.1. The molecule has 1 aromatic heterocycles. The largest absolute Gasteiger partial charge is 0.462 e. The molecule has 0 radical (unpaired) electrons. The lowest BCUT2D eigenvalue weighted by atomic mass is 10.1. The van der Waals surface area contributed by atoms with E-state index in [1.165, 1.54) is 12.1 Å². The van der Waals surface area contributed by atoms with Crippen LogP contribution < -0.4 is 0 Å². The molecule has 2 rings (SSSR count). The highest BCUT2D eigenvalue weighted by Gasteiger charge is 2.14. The summed E-state index contributed by atoms with van der Waals surface area (Å²) >= 11 is 0. The van der Waals surface area contributed by atoms with Gasteiger partial charge < -0.3 is 4.74 Å². The second kappa shape index (κ2) is 4.91. The molecule has 0 aliphatic heterocycles. The van der Waals surface area contributed by atoms with Crippen LogP contribution in [0.25, 0.3) is 10.9 Å². The molecule has 0 aliphatic carbocycles. The molecule has 0 bridgehead atoms. The maximum atomic E-state index is 13.7. The number of ether oxygens (including phenoxy) is 1. The Morgan fingerprint density at radius 1 is 1.47 bits per heavy atom. The first-order valence-electron chi connectivity index (χ1n) is 5.43. The minimum Gasteiger partial charge on any atom is -0.462 e. The molecule has 0 N–H and O–H groups in total. The maximum absolute atomic E-state index is 13.7. The molecule has 0 saturated heterocycles. The van der Waals surface area contributed by atoms with Crippen molar-refractivity contribution in [1.29, 1.82) is 0 Å². The molecule has 0 atom stereocenters. The number of carbonyl (C=O) groups excluding carboxylic acids is 1. The Kier molecular flexibility index (Phi) is 3.32. The third kappa shape index (κ3) is 2.41. The molecule has 0 fully saturated rings. The Morgan fingerprint density at radius 3 is 3.06 bits per heavy atom. The topological polar surface area (TPSA) is 39.2 Å². The monoisotopic (exact) mass is 233 g/mol. The number of halogens is 1. The number of carbonyl (C=O) groups is 1. The predicted octanol–water partition coefficient (Wildman–Crippen LogP) is 2.94.